The molecule has 1 fully saturated rings. The van der Waals surface area contributed by atoms with Gasteiger partial charge in [-0.25, -0.2) is 4.39 Å². The smallest absolute Gasteiger partial charge is 0.252 e. The second-order valence-electron chi connectivity index (χ2n) is 7.63. The zero-order valence-electron chi connectivity index (χ0n) is 15.5. The Hall–Kier alpha value is -2.24. The van der Waals surface area contributed by atoms with E-state index in [-0.39, 0.29) is 29.7 Å². The fourth-order valence-electron chi connectivity index (χ4n) is 4.14. The summed E-state index contributed by atoms with van der Waals surface area (Å²) in [6.45, 7) is 3.10. The third-order valence-corrected chi connectivity index (χ3v) is 5.83. The summed E-state index contributed by atoms with van der Waals surface area (Å²) in [5, 5.41) is 0. The van der Waals surface area contributed by atoms with Gasteiger partial charge >= 0.3 is 0 Å². The van der Waals surface area contributed by atoms with Crippen molar-refractivity contribution in [1.29, 1.82) is 0 Å². The maximum atomic E-state index is 13.5. The van der Waals surface area contributed by atoms with Crippen LogP contribution in [0.2, 0.25) is 0 Å². The van der Waals surface area contributed by atoms with E-state index in [4.69, 9.17) is 10.5 Å². The Labute approximate surface area is 159 Å². The van der Waals surface area contributed by atoms with Gasteiger partial charge in [0.15, 0.2) is 0 Å². The van der Waals surface area contributed by atoms with Gasteiger partial charge in [0, 0.05) is 12.6 Å². The second kappa shape index (κ2) is 7.41. The SMILES string of the molecule is C[C@@H]1C[C@@H](C(=O)N2CCc3ccccc3[C@@H]2c2ccc(F)cc2)OC[C@@H]1N. The van der Waals surface area contributed by atoms with E-state index in [1.165, 1.54) is 17.7 Å². The highest BCUT2D eigenvalue weighted by atomic mass is 19.1. The normalized spacial score (nSPS) is 27.9. The third kappa shape index (κ3) is 3.49. The van der Waals surface area contributed by atoms with Crippen molar-refractivity contribution in [3.63, 3.8) is 0 Å². The van der Waals surface area contributed by atoms with Gasteiger partial charge in [-0.1, -0.05) is 43.3 Å². The van der Waals surface area contributed by atoms with Gasteiger partial charge in [-0.3, -0.25) is 4.79 Å². The molecule has 142 valence electrons. The standard InChI is InChI=1S/C22H25FN2O2/c1-14-12-20(27-13-19(14)24)22(26)25-11-10-15-4-2-3-5-18(15)21(25)16-6-8-17(23)9-7-16/h2-9,14,19-21H,10-13,24H2,1H3/t14-,19+,20+,21+/m1/s1. The molecule has 4 rings (SSSR count). The zero-order chi connectivity index (χ0) is 19.0. The van der Waals surface area contributed by atoms with Gasteiger partial charge in [0.1, 0.15) is 11.9 Å². The van der Waals surface area contributed by atoms with E-state index < -0.39 is 6.10 Å². The zero-order valence-corrected chi connectivity index (χ0v) is 15.5. The number of nitrogens with zero attached hydrogens (tertiary/aromatic N) is 1. The van der Waals surface area contributed by atoms with Crippen LogP contribution in [0, 0.1) is 11.7 Å². The molecule has 0 aromatic heterocycles. The lowest BCUT2D eigenvalue weighted by Gasteiger charge is -2.41. The second-order valence-corrected chi connectivity index (χ2v) is 7.63. The average molecular weight is 368 g/mol. The highest BCUT2D eigenvalue weighted by Gasteiger charge is 2.38. The van der Waals surface area contributed by atoms with Crippen molar-refractivity contribution in [3.8, 4) is 0 Å². The summed E-state index contributed by atoms with van der Waals surface area (Å²) in [5.74, 6) is -0.0363. The van der Waals surface area contributed by atoms with E-state index in [0.29, 0.717) is 19.6 Å². The summed E-state index contributed by atoms with van der Waals surface area (Å²) in [4.78, 5) is 15.2. The molecule has 0 aliphatic carbocycles. The average Bonchev–Trinajstić information content (AvgIpc) is 2.69. The monoisotopic (exact) mass is 368 g/mol. The number of carbonyl (C=O) groups excluding carboxylic acids is 1. The summed E-state index contributed by atoms with van der Waals surface area (Å²) < 4.78 is 19.3. The van der Waals surface area contributed by atoms with Crippen LogP contribution in [0.5, 0.6) is 0 Å². The summed E-state index contributed by atoms with van der Waals surface area (Å²) in [7, 11) is 0. The van der Waals surface area contributed by atoms with Crippen molar-refractivity contribution in [2.75, 3.05) is 13.2 Å². The topological polar surface area (TPSA) is 55.6 Å². The third-order valence-electron chi connectivity index (χ3n) is 5.83. The van der Waals surface area contributed by atoms with Gasteiger partial charge in [-0.15, -0.1) is 0 Å². The summed E-state index contributed by atoms with van der Waals surface area (Å²) in [5.41, 5.74) is 9.28. The Morgan fingerprint density at radius 3 is 2.67 bits per heavy atom. The molecule has 4 nitrogen and oxygen atoms in total. The van der Waals surface area contributed by atoms with Crippen molar-refractivity contribution >= 4 is 5.91 Å². The van der Waals surface area contributed by atoms with E-state index in [0.717, 1.165) is 17.5 Å². The number of halogens is 1. The van der Waals surface area contributed by atoms with Crippen molar-refractivity contribution in [2.24, 2.45) is 11.7 Å². The van der Waals surface area contributed by atoms with Gasteiger partial charge in [-0.2, -0.15) is 0 Å². The van der Waals surface area contributed by atoms with E-state index in [1.807, 2.05) is 17.0 Å². The Kier molecular flexibility index (Phi) is 4.98. The minimum Gasteiger partial charge on any atom is -0.367 e. The predicted molar refractivity (Wildman–Crippen MR) is 102 cm³/mol. The molecule has 2 aliphatic heterocycles. The maximum Gasteiger partial charge on any atom is 0.252 e. The first kappa shape index (κ1) is 18.1. The number of carbonyl (C=O) groups is 1. The van der Waals surface area contributed by atoms with Crippen LogP contribution in [0.25, 0.3) is 0 Å². The first-order chi connectivity index (χ1) is 13.0. The predicted octanol–water partition coefficient (Wildman–Crippen LogP) is 3.05. The Bertz CT molecular complexity index is 823. The van der Waals surface area contributed by atoms with E-state index in [2.05, 4.69) is 19.1 Å². The highest BCUT2D eigenvalue weighted by Crippen LogP contribution is 2.36. The summed E-state index contributed by atoms with van der Waals surface area (Å²) in [6, 6.07) is 14.4. The van der Waals surface area contributed by atoms with Gasteiger partial charge in [-0.05, 0) is 47.6 Å². The molecule has 2 N–H and O–H groups in total. The lowest BCUT2D eigenvalue weighted by Crippen LogP contribution is -2.51. The molecule has 1 amide bonds. The van der Waals surface area contributed by atoms with Crippen LogP contribution in [0.4, 0.5) is 4.39 Å². The van der Waals surface area contributed by atoms with Crippen molar-refractivity contribution in [3.05, 3.63) is 71.0 Å². The first-order valence-corrected chi connectivity index (χ1v) is 9.55. The molecule has 2 aromatic carbocycles. The van der Waals surface area contributed by atoms with Gasteiger partial charge in [0.25, 0.3) is 5.91 Å². The minimum absolute atomic E-state index is 0.00224. The van der Waals surface area contributed by atoms with Gasteiger partial charge in [0.2, 0.25) is 0 Å². The Morgan fingerprint density at radius 1 is 1.19 bits per heavy atom. The molecule has 0 bridgehead atoms. The first-order valence-electron chi connectivity index (χ1n) is 9.55. The largest absolute Gasteiger partial charge is 0.367 e. The number of ether oxygens (including phenoxy) is 1. The molecule has 0 radical (unpaired) electrons. The lowest BCUT2D eigenvalue weighted by atomic mass is 9.86. The quantitative estimate of drug-likeness (QED) is 0.886. The molecule has 4 atom stereocenters. The van der Waals surface area contributed by atoms with E-state index in [1.54, 1.807) is 12.1 Å². The molecule has 5 heteroatoms. The number of nitrogens with two attached hydrogens (primary N) is 1. The fourth-order valence-corrected chi connectivity index (χ4v) is 4.14. The molecule has 2 aliphatic rings. The van der Waals surface area contributed by atoms with Crippen LogP contribution in [0.15, 0.2) is 48.5 Å². The molecule has 1 saturated heterocycles. The summed E-state index contributed by atoms with van der Waals surface area (Å²) >= 11 is 0. The minimum atomic E-state index is -0.465. The molecule has 2 aromatic rings. The number of benzene rings is 2. The lowest BCUT2D eigenvalue weighted by molar-refractivity contribution is -0.151. The molecular formula is C22H25FN2O2. The Morgan fingerprint density at radius 2 is 1.93 bits per heavy atom. The molecule has 0 unspecified atom stereocenters. The number of hydrogen-bond acceptors (Lipinski definition) is 3. The van der Waals surface area contributed by atoms with Gasteiger partial charge in [0.05, 0.1) is 12.6 Å². The van der Waals surface area contributed by atoms with Crippen LogP contribution >= 0.6 is 0 Å². The van der Waals surface area contributed by atoms with Crippen LogP contribution in [-0.4, -0.2) is 36.1 Å². The van der Waals surface area contributed by atoms with Crippen LogP contribution in [-0.2, 0) is 16.0 Å². The van der Waals surface area contributed by atoms with Crippen molar-refractivity contribution in [1.82, 2.24) is 4.90 Å². The molecule has 27 heavy (non-hydrogen) atoms. The molecule has 2 heterocycles. The molecule has 0 saturated carbocycles. The number of hydrogen-bond donors (Lipinski definition) is 1. The molecular weight excluding hydrogens is 343 g/mol. The van der Waals surface area contributed by atoms with Crippen molar-refractivity contribution < 1.29 is 13.9 Å². The van der Waals surface area contributed by atoms with E-state index >= 15 is 0 Å². The fraction of sp³-hybridized carbons (Fsp3) is 0.409. The van der Waals surface area contributed by atoms with Crippen LogP contribution in [0.1, 0.15) is 36.1 Å². The van der Waals surface area contributed by atoms with Gasteiger partial charge < -0.3 is 15.4 Å². The number of rotatable bonds is 2. The maximum absolute atomic E-state index is 13.5. The van der Waals surface area contributed by atoms with Crippen molar-refractivity contribution in [2.45, 2.75) is 38.0 Å². The number of fused-ring (bicyclic) bond motifs is 1. The number of amides is 1. The Balaban J connectivity index is 1.68. The molecule has 0 spiro atoms. The van der Waals surface area contributed by atoms with E-state index in [9.17, 15) is 9.18 Å². The highest BCUT2D eigenvalue weighted by molar-refractivity contribution is 5.82. The van der Waals surface area contributed by atoms with Crippen LogP contribution < -0.4 is 5.73 Å². The summed E-state index contributed by atoms with van der Waals surface area (Å²) in [6.07, 6.45) is 0.975. The van der Waals surface area contributed by atoms with Crippen LogP contribution in [0.3, 0.4) is 0 Å².